The Labute approximate surface area is 132 Å². The van der Waals surface area contributed by atoms with E-state index in [4.69, 9.17) is 0 Å². The maximum Gasteiger partial charge on any atom is 0.106 e. The molecule has 0 saturated heterocycles. The Morgan fingerprint density at radius 1 is 1.24 bits per heavy atom. The fraction of sp³-hybridized carbons (Fsp3) is 0.944. The molecule has 0 spiro atoms. The summed E-state index contributed by atoms with van der Waals surface area (Å²) >= 11 is 0. The molecule has 1 aliphatic carbocycles. The summed E-state index contributed by atoms with van der Waals surface area (Å²) in [5.74, 6) is 0.780. The van der Waals surface area contributed by atoms with E-state index < -0.39 is 0 Å². The minimum absolute atomic E-state index is 0.332. The first-order chi connectivity index (χ1) is 9.92. The summed E-state index contributed by atoms with van der Waals surface area (Å²) in [4.78, 5) is 2.66. The molecule has 122 valence electrons. The molecule has 3 heteroatoms. The summed E-state index contributed by atoms with van der Waals surface area (Å²) in [6.45, 7) is 13.4. The zero-order chi connectivity index (χ0) is 15.9. The molecule has 21 heavy (non-hydrogen) atoms. The van der Waals surface area contributed by atoms with Crippen molar-refractivity contribution in [2.45, 2.75) is 90.8 Å². The summed E-state index contributed by atoms with van der Waals surface area (Å²) in [5.41, 5.74) is -0.332. The minimum atomic E-state index is -0.332. The summed E-state index contributed by atoms with van der Waals surface area (Å²) in [5, 5.41) is 13.0. The van der Waals surface area contributed by atoms with Crippen molar-refractivity contribution >= 4 is 0 Å². The lowest BCUT2D eigenvalue weighted by molar-refractivity contribution is 0.229. The van der Waals surface area contributed by atoms with Crippen molar-refractivity contribution in [1.29, 1.82) is 5.26 Å². The Morgan fingerprint density at radius 2 is 1.90 bits per heavy atom. The molecule has 0 aromatic carbocycles. The molecule has 1 fully saturated rings. The van der Waals surface area contributed by atoms with Gasteiger partial charge >= 0.3 is 0 Å². The van der Waals surface area contributed by atoms with Crippen LogP contribution in [-0.4, -0.2) is 35.6 Å². The number of nitriles is 1. The van der Waals surface area contributed by atoms with Gasteiger partial charge in [-0.2, -0.15) is 5.26 Å². The number of nitrogens with zero attached hydrogens (tertiary/aromatic N) is 2. The first-order valence-electron chi connectivity index (χ1n) is 8.85. The van der Waals surface area contributed by atoms with E-state index in [0.717, 1.165) is 37.8 Å². The average molecular weight is 293 g/mol. The number of rotatable bonds is 11. The van der Waals surface area contributed by atoms with Crippen LogP contribution in [0.15, 0.2) is 0 Å². The van der Waals surface area contributed by atoms with Crippen LogP contribution in [0, 0.1) is 17.2 Å². The van der Waals surface area contributed by atoms with Crippen LogP contribution in [0.4, 0.5) is 0 Å². The second kappa shape index (κ2) is 8.76. The predicted octanol–water partition coefficient (Wildman–Crippen LogP) is 3.95. The third kappa shape index (κ3) is 6.80. The fourth-order valence-electron chi connectivity index (χ4n) is 3.00. The van der Waals surface area contributed by atoms with Crippen LogP contribution in [0.1, 0.15) is 73.1 Å². The highest BCUT2D eigenvalue weighted by Gasteiger charge is 2.31. The van der Waals surface area contributed by atoms with Crippen LogP contribution < -0.4 is 5.32 Å². The normalized spacial score (nSPS) is 18.2. The first kappa shape index (κ1) is 18.5. The summed E-state index contributed by atoms with van der Waals surface area (Å²) in [6.07, 6.45) is 7.01. The highest BCUT2D eigenvalue weighted by molar-refractivity contribution is 5.07. The molecule has 1 atom stereocenters. The molecule has 0 aromatic heterocycles. The molecule has 0 bridgehead atoms. The second-order valence-corrected chi connectivity index (χ2v) is 7.40. The van der Waals surface area contributed by atoms with Gasteiger partial charge in [-0.05, 0) is 71.4 Å². The fourth-order valence-corrected chi connectivity index (χ4v) is 3.00. The van der Waals surface area contributed by atoms with E-state index in [2.05, 4.69) is 50.9 Å². The number of nitrogens with one attached hydrogen (secondary N) is 1. The Hall–Kier alpha value is -0.590. The Balaban J connectivity index is 2.42. The highest BCUT2D eigenvalue weighted by Crippen LogP contribution is 2.28. The molecular formula is C18H35N3. The maximum absolute atomic E-state index is 9.56. The molecule has 1 saturated carbocycles. The van der Waals surface area contributed by atoms with Gasteiger partial charge in [0.05, 0.1) is 6.07 Å². The monoisotopic (exact) mass is 293 g/mol. The summed E-state index contributed by atoms with van der Waals surface area (Å²) < 4.78 is 0. The van der Waals surface area contributed by atoms with Crippen LogP contribution in [0.3, 0.4) is 0 Å². The van der Waals surface area contributed by atoms with Gasteiger partial charge in [0.2, 0.25) is 0 Å². The quantitative estimate of drug-likeness (QED) is 0.627. The van der Waals surface area contributed by atoms with Gasteiger partial charge in [-0.1, -0.05) is 20.8 Å². The number of hydrogen-bond donors (Lipinski definition) is 1. The Kier molecular flexibility index (Phi) is 7.70. The molecule has 0 aliphatic heterocycles. The zero-order valence-corrected chi connectivity index (χ0v) is 14.8. The van der Waals surface area contributed by atoms with Gasteiger partial charge in [-0.3, -0.25) is 5.32 Å². The van der Waals surface area contributed by atoms with Crippen LogP contribution in [0.25, 0.3) is 0 Å². The lowest BCUT2D eigenvalue weighted by Gasteiger charge is -2.30. The smallest absolute Gasteiger partial charge is 0.106 e. The highest BCUT2D eigenvalue weighted by atomic mass is 15.2. The van der Waals surface area contributed by atoms with Crippen LogP contribution in [0.5, 0.6) is 0 Å². The molecule has 1 N–H and O–H groups in total. The third-order valence-electron chi connectivity index (χ3n) is 4.49. The van der Waals surface area contributed by atoms with E-state index in [9.17, 15) is 5.26 Å². The molecule has 1 rings (SSSR count). The molecule has 0 amide bonds. The standard InChI is InChI=1S/C18H35N3/c1-6-18(14-19,20-16(4)5)11-7-12-21(17-8-9-17)13-10-15(2)3/h15-17,20H,6-13H2,1-5H3. The summed E-state index contributed by atoms with van der Waals surface area (Å²) in [6, 6.07) is 3.73. The van der Waals surface area contributed by atoms with E-state index in [-0.39, 0.29) is 5.54 Å². The predicted molar refractivity (Wildman–Crippen MR) is 90.2 cm³/mol. The van der Waals surface area contributed by atoms with Crippen molar-refractivity contribution in [2.75, 3.05) is 13.1 Å². The average Bonchev–Trinajstić information content (AvgIpc) is 3.25. The topological polar surface area (TPSA) is 39.1 Å². The van der Waals surface area contributed by atoms with Gasteiger partial charge in [-0.25, -0.2) is 0 Å². The lowest BCUT2D eigenvalue weighted by atomic mass is 9.91. The van der Waals surface area contributed by atoms with Crippen molar-refractivity contribution in [3.05, 3.63) is 0 Å². The molecule has 1 aliphatic rings. The Morgan fingerprint density at radius 3 is 2.33 bits per heavy atom. The molecule has 0 heterocycles. The van der Waals surface area contributed by atoms with Crippen LogP contribution in [-0.2, 0) is 0 Å². The van der Waals surface area contributed by atoms with Gasteiger partial charge in [-0.15, -0.1) is 0 Å². The maximum atomic E-state index is 9.56. The van der Waals surface area contributed by atoms with Crippen molar-refractivity contribution in [1.82, 2.24) is 10.2 Å². The SMILES string of the molecule is CCC(C#N)(CCCN(CCC(C)C)C1CC1)NC(C)C. The minimum Gasteiger partial charge on any atom is -0.300 e. The molecular weight excluding hydrogens is 258 g/mol. The van der Waals surface area contributed by atoms with Gasteiger partial charge < -0.3 is 4.90 Å². The van der Waals surface area contributed by atoms with Crippen molar-refractivity contribution in [3.8, 4) is 6.07 Å². The van der Waals surface area contributed by atoms with E-state index >= 15 is 0 Å². The summed E-state index contributed by atoms with van der Waals surface area (Å²) in [7, 11) is 0. The van der Waals surface area contributed by atoms with Crippen molar-refractivity contribution in [3.63, 3.8) is 0 Å². The lowest BCUT2D eigenvalue weighted by Crippen LogP contribution is -2.47. The van der Waals surface area contributed by atoms with Gasteiger partial charge in [0.1, 0.15) is 5.54 Å². The van der Waals surface area contributed by atoms with Gasteiger partial charge in [0.15, 0.2) is 0 Å². The Bertz CT molecular complexity index is 328. The first-order valence-corrected chi connectivity index (χ1v) is 8.85. The third-order valence-corrected chi connectivity index (χ3v) is 4.49. The van der Waals surface area contributed by atoms with Crippen LogP contribution in [0.2, 0.25) is 0 Å². The molecule has 1 unspecified atom stereocenters. The molecule has 3 nitrogen and oxygen atoms in total. The van der Waals surface area contributed by atoms with Crippen LogP contribution >= 0.6 is 0 Å². The van der Waals surface area contributed by atoms with Gasteiger partial charge in [0, 0.05) is 12.1 Å². The van der Waals surface area contributed by atoms with Crippen molar-refractivity contribution < 1.29 is 0 Å². The number of hydrogen-bond acceptors (Lipinski definition) is 3. The van der Waals surface area contributed by atoms with Crippen molar-refractivity contribution in [2.24, 2.45) is 5.92 Å². The van der Waals surface area contributed by atoms with E-state index in [1.54, 1.807) is 0 Å². The largest absolute Gasteiger partial charge is 0.300 e. The van der Waals surface area contributed by atoms with E-state index in [1.807, 2.05) is 0 Å². The molecule has 0 radical (unpaired) electrons. The second-order valence-electron chi connectivity index (χ2n) is 7.40. The van der Waals surface area contributed by atoms with E-state index in [0.29, 0.717) is 6.04 Å². The van der Waals surface area contributed by atoms with E-state index in [1.165, 1.54) is 25.8 Å². The van der Waals surface area contributed by atoms with Gasteiger partial charge in [0.25, 0.3) is 0 Å². The molecule has 0 aromatic rings. The zero-order valence-electron chi connectivity index (χ0n) is 14.8.